The minimum Gasteiger partial charge on any atom is -0.480 e. The van der Waals surface area contributed by atoms with E-state index in [4.69, 9.17) is 4.74 Å². The van der Waals surface area contributed by atoms with Gasteiger partial charge in [0.05, 0.1) is 7.11 Å². The van der Waals surface area contributed by atoms with Crippen molar-refractivity contribution in [3.63, 3.8) is 0 Å². The summed E-state index contributed by atoms with van der Waals surface area (Å²) in [5.74, 6) is 0.579. The second-order valence-corrected chi connectivity index (χ2v) is 6.66. The number of amides is 1. The van der Waals surface area contributed by atoms with Crippen molar-refractivity contribution in [1.82, 2.24) is 19.4 Å². The van der Waals surface area contributed by atoms with E-state index in [2.05, 4.69) is 10.3 Å². The number of hydrogen-bond donors (Lipinski definition) is 1. The van der Waals surface area contributed by atoms with E-state index in [1.54, 1.807) is 19.2 Å². The normalized spacial score (nSPS) is 16.4. The van der Waals surface area contributed by atoms with Crippen molar-refractivity contribution < 1.29 is 9.53 Å². The molecule has 0 unspecified atom stereocenters. The third kappa shape index (κ3) is 3.57. The summed E-state index contributed by atoms with van der Waals surface area (Å²) in [7, 11) is 4.56. The van der Waals surface area contributed by atoms with E-state index in [1.807, 2.05) is 11.8 Å². The Labute approximate surface area is 156 Å². The Bertz CT molecular complexity index is 994. The highest BCUT2D eigenvalue weighted by Gasteiger charge is 2.27. The lowest BCUT2D eigenvalue weighted by atomic mass is 10.2. The molecule has 3 heterocycles. The number of anilines is 1. The number of hydrogen-bond acceptors (Lipinski definition) is 6. The Morgan fingerprint density at radius 1 is 1.26 bits per heavy atom. The van der Waals surface area contributed by atoms with Crippen LogP contribution < -0.4 is 26.2 Å². The van der Waals surface area contributed by atoms with Crippen LogP contribution in [0.3, 0.4) is 0 Å². The molecule has 1 saturated heterocycles. The van der Waals surface area contributed by atoms with E-state index in [0.29, 0.717) is 30.9 Å². The zero-order valence-corrected chi connectivity index (χ0v) is 15.9. The summed E-state index contributed by atoms with van der Waals surface area (Å²) in [5, 5.41) is 2.98. The third-order valence-electron chi connectivity index (χ3n) is 4.79. The summed E-state index contributed by atoms with van der Waals surface area (Å²) < 4.78 is 7.71. The van der Waals surface area contributed by atoms with E-state index < -0.39 is 0 Å². The molecule has 1 fully saturated rings. The van der Waals surface area contributed by atoms with Gasteiger partial charge in [0.25, 0.3) is 11.5 Å². The predicted molar refractivity (Wildman–Crippen MR) is 101 cm³/mol. The summed E-state index contributed by atoms with van der Waals surface area (Å²) in [6.45, 7) is 2.97. The number of pyridine rings is 1. The van der Waals surface area contributed by atoms with Crippen LogP contribution in [-0.4, -0.2) is 46.3 Å². The maximum Gasteiger partial charge on any atom is 0.332 e. The molecule has 1 aliphatic rings. The van der Waals surface area contributed by atoms with Gasteiger partial charge in [-0.05, 0) is 25.5 Å². The lowest BCUT2D eigenvalue weighted by molar-refractivity contribution is 0.0936. The number of nitrogens with one attached hydrogen (secondary N) is 1. The molecule has 1 amide bonds. The number of rotatable bonds is 4. The number of nitrogens with zero attached hydrogens (tertiary/aromatic N) is 4. The molecule has 0 radical (unpaired) electrons. The van der Waals surface area contributed by atoms with E-state index in [-0.39, 0.29) is 29.1 Å². The molecule has 2 aromatic heterocycles. The number of carbonyl (C=O) groups excluding carboxylic acids is 1. The average Bonchev–Trinajstić information content (AvgIpc) is 3.10. The SMILES string of the molecule is COc1nc(C)ccc1C(=O)N[C@H]1CCN(c2cc(=O)n(C)c(=O)n2C)C1. The largest absolute Gasteiger partial charge is 0.480 e. The van der Waals surface area contributed by atoms with Crippen LogP contribution in [0.25, 0.3) is 0 Å². The van der Waals surface area contributed by atoms with Crippen LogP contribution in [0.2, 0.25) is 0 Å². The molecule has 9 nitrogen and oxygen atoms in total. The monoisotopic (exact) mass is 373 g/mol. The van der Waals surface area contributed by atoms with Crippen molar-refractivity contribution in [2.45, 2.75) is 19.4 Å². The van der Waals surface area contributed by atoms with Crippen LogP contribution >= 0.6 is 0 Å². The lowest BCUT2D eigenvalue weighted by Gasteiger charge is -2.21. The average molecular weight is 373 g/mol. The summed E-state index contributed by atoms with van der Waals surface area (Å²) >= 11 is 0. The molecule has 144 valence electrons. The van der Waals surface area contributed by atoms with Crippen LogP contribution in [0.4, 0.5) is 5.82 Å². The van der Waals surface area contributed by atoms with Crippen LogP contribution in [0, 0.1) is 6.92 Å². The summed E-state index contributed by atoms with van der Waals surface area (Å²) in [4.78, 5) is 42.8. The Kier molecular flexibility index (Phi) is 5.02. The van der Waals surface area contributed by atoms with Gasteiger partial charge in [-0.1, -0.05) is 0 Å². The highest BCUT2D eigenvalue weighted by atomic mass is 16.5. The van der Waals surface area contributed by atoms with Gasteiger partial charge in [0.1, 0.15) is 11.4 Å². The van der Waals surface area contributed by atoms with E-state index in [9.17, 15) is 14.4 Å². The van der Waals surface area contributed by atoms with Gasteiger partial charge >= 0.3 is 5.69 Å². The van der Waals surface area contributed by atoms with Crippen molar-refractivity contribution in [2.24, 2.45) is 14.1 Å². The molecule has 1 N–H and O–H groups in total. The molecule has 0 saturated carbocycles. The van der Waals surface area contributed by atoms with E-state index >= 15 is 0 Å². The Hall–Kier alpha value is -3.10. The van der Waals surface area contributed by atoms with Crippen LogP contribution in [0.5, 0.6) is 5.88 Å². The lowest BCUT2D eigenvalue weighted by Crippen LogP contribution is -2.41. The van der Waals surface area contributed by atoms with Crippen molar-refractivity contribution in [1.29, 1.82) is 0 Å². The number of aryl methyl sites for hydroxylation is 1. The fourth-order valence-corrected chi connectivity index (χ4v) is 3.24. The van der Waals surface area contributed by atoms with Gasteiger partial charge in [-0.3, -0.25) is 18.7 Å². The molecule has 0 spiro atoms. The highest BCUT2D eigenvalue weighted by molar-refractivity contribution is 5.96. The molecule has 1 aliphatic heterocycles. The van der Waals surface area contributed by atoms with Crippen LogP contribution in [0.1, 0.15) is 22.5 Å². The summed E-state index contributed by atoms with van der Waals surface area (Å²) in [6.07, 6.45) is 0.705. The zero-order chi connectivity index (χ0) is 19.7. The Balaban J connectivity index is 1.75. The fraction of sp³-hybridized carbons (Fsp3) is 0.444. The first-order chi connectivity index (χ1) is 12.8. The Morgan fingerprint density at radius 3 is 2.70 bits per heavy atom. The maximum absolute atomic E-state index is 12.6. The zero-order valence-electron chi connectivity index (χ0n) is 15.9. The van der Waals surface area contributed by atoms with Gasteiger partial charge in [-0.25, -0.2) is 9.78 Å². The van der Waals surface area contributed by atoms with Gasteiger partial charge in [-0.2, -0.15) is 0 Å². The van der Waals surface area contributed by atoms with Crippen molar-refractivity contribution in [3.8, 4) is 5.88 Å². The molecule has 2 aromatic rings. The van der Waals surface area contributed by atoms with Gasteiger partial charge in [0.15, 0.2) is 0 Å². The van der Waals surface area contributed by atoms with Crippen LogP contribution in [-0.2, 0) is 14.1 Å². The van der Waals surface area contributed by atoms with Gasteiger partial charge in [0.2, 0.25) is 5.88 Å². The van der Waals surface area contributed by atoms with Crippen molar-refractivity contribution >= 4 is 11.7 Å². The minimum absolute atomic E-state index is 0.109. The number of ether oxygens (including phenoxy) is 1. The van der Waals surface area contributed by atoms with Crippen molar-refractivity contribution in [2.75, 3.05) is 25.1 Å². The number of methoxy groups -OCH3 is 1. The second kappa shape index (κ2) is 7.26. The van der Waals surface area contributed by atoms with E-state index in [0.717, 1.165) is 10.3 Å². The Morgan fingerprint density at radius 2 is 2.00 bits per heavy atom. The van der Waals surface area contributed by atoms with Crippen LogP contribution in [0.15, 0.2) is 27.8 Å². The first kappa shape index (κ1) is 18.7. The smallest absolute Gasteiger partial charge is 0.332 e. The molecule has 0 aromatic carbocycles. The third-order valence-corrected chi connectivity index (χ3v) is 4.79. The number of aromatic nitrogens is 3. The summed E-state index contributed by atoms with van der Waals surface area (Å²) in [6, 6.07) is 4.78. The topological polar surface area (TPSA) is 98.5 Å². The first-order valence-corrected chi connectivity index (χ1v) is 8.66. The number of carbonyl (C=O) groups is 1. The molecule has 0 aliphatic carbocycles. The highest BCUT2D eigenvalue weighted by Crippen LogP contribution is 2.19. The summed E-state index contributed by atoms with van der Waals surface area (Å²) in [5.41, 5.74) is 0.418. The fourth-order valence-electron chi connectivity index (χ4n) is 3.24. The predicted octanol–water partition coefficient (Wildman–Crippen LogP) is -0.195. The quantitative estimate of drug-likeness (QED) is 0.797. The molecule has 27 heavy (non-hydrogen) atoms. The molecule has 9 heteroatoms. The molecule has 3 rings (SSSR count). The maximum atomic E-state index is 12.6. The molecule has 1 atom stereocenters. The van der Waals surface area contributed by atoms with Gasteiger partial charge < -0.3 is 15.0 Å². The minimum atomic E-state index is -0.375. The van der Waals surface area contributed by atoms with E-state index in [1.165, 1.54) is 24.8 Å². The van der Waals surface area contributed by atoms with Crippen molar-refractivity contribution in [3.05, 3.63) is 50.3 Å². The van der Waals surface area contributed by atoms with Gasteiger partial charge in [-0.15, -0.1) is 0 Å². The standard InChI is InChI=1S/C18H23N5O4/c1-11-5-6-13(17(19-11)27-4)16(25)20-12-7-8-23(10-12)14-9-15(24)22(3)18(26)21(14)2/h5-6,9,12H,7-8,10H2,1-4H3,(H,20,25)/t12-/m0/s1. The molecular formula is C18H23N5O4. The van der Waals surface area contributed by atoms with Gasteiger partial charge in [0, 0.05) is 45.0 Å². The molecule has 0 bridgehead atoms. The molecular weight excluding hydrogens is 350 g/mol. The second-order valence-electron chi connectivity index (χ2n) is 6.66. The first-order valence-electron chi connectivity index (χ1n) is 8.66.